The van der Waals surface area contributed by atoms with Crippen molar-refractivity contribution in [2.75, 3.05) is 20.3 Å². The van der Waals surface area contributed by atoms with Crippen molar-refractivity contribution in [1.82, 2.24) is 0 Å². The van der Waals surface area contributed by atoms with E-state index in [2.05, 4.69) is 6.92 Å². The smallest absolute Gasteiger partial charge is 0.201 e. The largest absolute Gasteiger partial charge is 0.494 e. The Morgan fingerprint density at radius 1 is 0.824 bits per heavy atom. The van der Waals surface area contributed by atoms with Crippen molar-refractivity contribution in [3.05, 3.63) is 77.6 Å². The molecule has 0 aromatic heterocycles. The fraction of sp³-hybridized carbons (Fsp3) is 0.357. The molecule has 0 amide bonds. The summed E-state index contributed by atoms with van der Waals surface area (Å²) in [5.41, 5.74) is 2.53. The maximum atomic E-state index is 15.0. The minimum atomic E-state index is -1.03. The number of benzene rings is 3. The number of methoxy groups -OCH3 is 1. The van der Waals surface area contributed by atoms with Crippen molar-refractivity contribution >= 4 is 0 Å². The van der Waals surface area contributed by atoms with Gasteiger partial charge < -0.3 is 14.2 Å². The number of halogens is 3. The molecular formula is C28H29F3O3. The molecule has 1 fully saturated rings. The molecule has 0 atom stereocenters. The zero-order valence-corrected chi connectivity index (χ0v) is 19.5. The van der Waals surface area contributed by atoms with Crippen molar-refractivity contribution in [1.29, 1.82) is 0 Å². The molecule has 0 saturated carbocycles. The van der Waals surface area contributed by atoms with Gasteiger partial charge in [-0.3, -0.25) is 0 Å². The van der Waals surface area contributed by atoms with Gasteiger partial charge in [0.15, 0.2) is 17.9 Å². The Hall–Kier alpha value is -2.83. The first kappa shape index (κ1) is 24.3. The third-order valence-electron chi connectivity index (χ3n) is 6.25. The predicted octanol–water partition coefficient (Wildman–Crippen LogP) is 7.48. The van der Waals surface area contributed by atoms with E-state index in [4.69, 9.17) is 14.2 Å². The average molecular weight is 471 g/mol. The summed E-state index contributed by atoms with van der Waals surface area (Å²) in [5, 5.41) is 0. The molecule has 1 aliphatic rings. The monoisotopic (exact) mass is 470 g/mol. The molecule has 1 aliphatic heterocycles. The molecule has 3 aromatic carbocycles. The van der Waals surface area contributed by atoms with Crippen LogP contribution in [0, 0.1) is 17.5 Å². The second-order valence-corrected chi connectivity index (χ2v) is 8.55. The van der Waals surface area contributed by atoms with Crippen LogP contribution in [0.4, 0.5) is 13.2 Å². The van der Waals surface area contributed by atoms with Crippen LogP contribution in [-0.4, -0.2) is 26.6 Å². The second kappa shape index (κ2) is 11.1. The van der Waals surface area contributed by atoms with E-state index in [9.17, 15) is 13.2 Å². The molecule has 0 unspecified atom stereocenters. The van der Waals surface area contributed by atoms with Crippen LogP contribution in [0.5, 0.6) is 5.75 Å². The lowest BCUT2D eigenvalue weighted by Crippen LogP contribution is -2.30. The first-order valence-corrected chi connectivity index (χ1v) is 11.7. The zero-order valence-electron chi connectivity index (χ0n) is 19.5. The van der Waals surface area contributed by atoms with Crippen molar-refractivity contribution in [3.63, 3.8) is 0 Å². The molecule has 4 rings (SSSR count). The Kier molecular flexibility index (Phi) is 7.91. The molecule has 1 heterocycles. The third kappa shape index (κ3) is 5.29. The van der Waals surface area contributed by atoms with Gasteiger partial charge in [-0.05, 0) is 47.7 Å². The summed E-state index contributed by atoms with van der Waals surface area (Å²) < 4.78 is 59.9. The Bertz CT molecular complexity index is 1110. The molecule has 180 valence electrons. The standard InChI is InChI=1S/C28H29F3O3/c1-3-4-5-6-26-33-16-21(17-34-26)20-11-12-22(24(29)15-20)18-7-9-19(10-8-18)23-13-14-25(32-2)28(31)27(23)30/h7-15,21,26H,3-6,16-17H2,1-2H3. The molecule has 1 saturated heterocycles. The highest BCUT2D eigenvalue weighted by molar-refractivity contribution is 5.71. The summed E-state index contributed by atoms with van der Waals surface area (Å²) in [6.07, 6.45) is 4.10. The van der Waals surface area contributed by atoms with Gasteiger partial charge in [-0.2, -0.15) is 4.39 Å². The van der Waals surface area contributed by atoms with Crippen LogP contribution in [0.15, 0.2) is 54.6 Å². The summed E-state index contributed by atoms with van der Waals surface area (Å²) in [4.78, 5) is 0. The van der Waals surface area contributed by atoms with Gasteiger partial charge in [0.05, 0.1) is 20.3 Å². The predicted molar refractivity (Wildman–Crippen MR) is 126 cm³/mol. The number of rotatable bonds is 8. The fourth-order valence-electron chi connectivity index (χ4n) is 4.22. The Morgan fingerprint density at radius 3 is 2.09 bits per heavy atom. The molecule has 6 heteroatoms. The van der Waals surface area contributed by atoms with Gasteiger partial charge in [0.25, 0.3) is 0 Å². The lowest BCUT2D eigenvalue weighted by atomic mass is 9.95. The molecule has 0 aliphatic carbocycles. The Labute approximate surface area is 198 Å². The van der Waals surface area contributed by atoms with E-state index in [1.165, 1.54) is 25.3 Å². The van der Waals surface area contributed by atoms with Crippen LogP contribution in [0.25, 0.3) is 22.3 Å². The Balaban J connectivity index is 1.45. The van der Waals surface area contributed by atoms with Gasteiger partial charge in [0.2, 0.25) is 5.82 Å². The van der Waals surface area contributed by atoms with Gasteiger partial charge in [-0.25, -0.2) is 8.78 Å². The SMILES string of the molecule is CCCCCC1OCC(c2ccc(-c3ccc(-c4ccc(OC)c(F)c4F)cc3)c(F)c2)CO1. The number of hydrogen-bond acceptors (Lipinski definition) is 3. The molecule has 0 radical (unpaired) electrons. The molecule has 3 aromatic rings. The molecule has 0 N–H and O–H groups in total. The first-order valence-electron chi connectivity index (χ1n) is 11.7. The van der Waals surface area contributed by atoms with E-state index >= 15 is 0 Å². The summed E-state index contributed by atoms with van der Waals surface area (Å²) in [6.45, 7) is 3.18. The van der Waals surface area contributed by atoms with Gasteiger partial charge in [-0.15, -0.1) is 0 Å². The highest BCUT2D eigenvalue weighted by atomic mass is 19.2. The van der Waals surface area contributed by atoms with Crippen LogP contribution in [0.1, 0.15) is 44.1 Å². The number of hydrogen-bond donors (Lipinski definition) is 0. The summed E-state index contributed by atoms with van der Waals surface area (Å²) in [5.74, 6) is -2.53. The van der Waals surface area contributed by atoms with Gasteiger partial charge in [0.1, 0.15) is 5.82 Å². The van der Waals surface area contributed by atoms with E-state index in [0.717, 1.165) is 31.2 Å². The normalized spacial score (nSPS) is 18.1. The maximum absolute atomic E-state index is 15.0. The number of ether oxygens (including phenoxy) is 3. The minimum absolute atomic E-state index is 0.0127. The molecule has 0 bridgehead atoms. The second-order valence-electron chi connectivity index (χ2n) is 8.55. The highest BCUT2D eigenvalue weighted by Crippen LogP contribution is 2.33. The summed E-state index contributed by atoms with van der Waals surface area (Å²) in [7, 11) is 1.28. The fourth-order valence-corrected chi connectivity index (χ4v) is 4.22. The summed E-state index contributed by atoms with van der Waals surface area (Å²) >= 11 is 0. The van der Waals surface area contributed by atoms with Crippen LogP contribution >= 0.6 is 0 Å². The van der Waals surface area contributed by atoms with E-state index < -0.39 is 11.6 Å². The van der Waals surface area contributed by atoms with Crippen LogP contribution in [-0.2, 0) is 9.47 Å². The van der Waals surface area contributed by atoms with Crippen molar-refractivity contribution < 1.29 is 27.4 Å². The van der Waals surface area contributed by atoms with Crippen molar-refractivity contribution in [2.24, 2.45) is 0 Å². The molecular weight excluding hydrogens is 441 g/mol. The average Bonchev–Trinajstić information content (AvgIpc) is 2.86. The van der Waals surface area contributed by atoms with E-state index in [1.54, 1.807) is 30.3 Å². The lowest BCUT2D eigenvalue weighted by Gasteiger charge is -2.30. The van der Waals surface area contributed by atoms with Crippen LogP contribution in [0.2, 0.25) is 0 Å². The minimum Gasteiger partial charge on any atom is -0.494 e. The Morgan fingerprint density at radius 2 is 1.47 bits per heavy atom. The lowest BCUT2D eigenvalue weighted by molar-refractivity contribution is -0.190. The van der Waals surface area contributed by atoms with Crippen LogP contribution < -0.4 is 4.74 Å². The van der Waals surface area contributed by atoms with E-state index in [1.807, 2.05) is 6.07 Å². The first-order chi connectivity index (χ1) is 16.5. The topological polar surface area (TPSA) is 27.7 Å². The number of unbranched alkanes of at least 4 members (excludes halogenated alkanes) is 2. The molecule has 3 nitrogen and oxygen atoms in total. The van der Waals surface area contributed by atoms with E-state index in [0.29, 0.717) is 29.9 Å². The zero-order chi connectivity index (χ0) is 24.1. The quantitative estimate of drug-likeness (QED) is 0.319. The summed E-state index contributed by atoms with van der Waals surface area (Å²) in [6, 6.07) is 14.7. The van der Waals surface area contributed by atoms with Gasteiger partial charge in [0, 0.05) is 17.0 Å². The van der Waals surface area contributed by atoms with Crippen molar-refractivity contribution in [2.45, 2.75) is 44.8 Å². The van der Waals surface area contributed by atoms with Crippen molar-refractivity contribution in [3.8, 4) is 28.0 Å². The molecule has 34 heavy (non-hydrogen) atoms. The third-order valence-corrected chi connectivity index (χ3v) is 6.25. The maximum Gasteiger partial charge on any atom is 0.201 e. The van der Waals surface area contributed by atoms with Gasteiger partial charge in [-0.1, -0.05) is 56.2 Å². The molecule has 0 spiro atoms. The van der Waals surface area contributed by atoms with Gasteiger partial charge >= 0.3 is 0 Å². The van der Waals surface area contributed by atoms with Crippen LogP contribution in [0.3, 0.4) is 0 Å². The van der Waals surface area contributed by atoms with E-state index in [-0.39, 0.29) is 29.3 Å². The highest BCUT2D eigenvalue weighted by Gasteiger charge is 2.24.